The summed E-state index contributed by atoms with van der Waals surface area (Å²) < 4.78 is 11.6. The number of hydrogen-bond donors (Lipinski definition) is 1. The SMILES string of the molecule is CCCCCCCCCCCCCCCCOc1c(OC)ccc(O)c1C(C)(C)C. The Kier molecular flexibility index (Phi) is 13.7. The van der Waals surface area contributed by atoms with E-state index in [1.807, 2.05) is 0 Å². The number of unbranched alkanes of at least 4 members (excludes halogenated alkanes) is 13. The Morgan fingerprint density at radius 1 is 0.733 bits per heavy atom. The summed E-state index contributed by atoms with van der Waals surface area (Å²) in [6, 6.07) is 3.48. The summed E-state index contributed by atoms with van der Waals surface area (Å²) in [6.07, 6.45) is 18.9. The molecule has 0 saturated carbocycles. The van der Waals surface area contributed by atoms with Gasteiger partial charge in [0.15, 0.2) is 11.5 Å². The number of ether oxygens (including phenoxy) is 2. The molecule has 1 N–H and O–H groups in total. The molecule has 0 unspecified atom stereocenters. The van der Waals surface area contributed by atoms with Crippen LogP contribution in [0.1, 0.15) is 123 Å². The number of phenols is 1. The summed E-state index contributed by atoms with van der Waals surface area (Å²) in [5, 5.41) is 10.3. The van der Waals surface area contributed by atoms with Gasteiger partial charge in [-0.25, -0.2) is 0 Å². The predicted octanol–water partition coefficient (Wildman–Crippen LogP) is 8.56. The molecular formula is C27H48O3. The molecule has 0 aliphatic heterocycles. The summed E-state index contributed by atoms with van der Waals surface area (Å²) in [4.78, 5) is 0. The molecule has 1 aromatic carbocycles. The Morgan fingerprint density at radius 3 is 1.63 bits per heavy atom. The largest absolute Gasteiger partial charge is 0.508 e. The molecule has 0 radical (unpaired) electrons. The van der Waals surface area contributed by atoms with Crippen molar-refractivity contribution < 1.29 is 14.6 Å². The first-order valence-electron chi connectivity index (χ1n) is 12.4. The van der Waals surface area contributed by atoms with Crippen molar-refractivity contribution in [1.29, 1.82) is 0 Å². The number of aromatic hydroxyl groups is 1. The summed E-state index contributed by atoms with van der Waals surface area (Å²) >= 11 is 0. The highest BCUT2D eigenvalue weighted by Gasteiger charge is 2.26. The third-order valence-corrected chi connectivity index (χ3v) is 5.81. The van der Waals surface area contributed by atoms with E-state index in [1.54, 1.807) is 19.2 Å². The molecule has 0 bridgehead atoms. The fourth-order valence-electron chi connectivity index (χ4n) is 4.05. The average molecular weight is 421 g/mol. The smallest absolute Gasteiger partial charge is 0.168 e. The molecule has 3 heteroatoms. The molecule has 0 atom stereocenters. The highest BCUT2D eigenvalue weighted by Crippen LogP contribution is 2.44. The van der Waals surface area contributed by atoms with Crippen molar-refractivity contribution in [2.45, 2.75) is 123 Å². The molecule has 0 aromatic heterocycles. The summed E-state index contributed by atoms with van der Waals surface area (Å²) in [5.41, 5.74) is 0.621. The lowest BCUT2D eigenvalue weighted by molar-refractivity contribution is 0.274. The molecular weight excluding hydrogens is 372 g/mol. The molecule has 0 heterocycles. The molecule has 0 amide bonds. The second-order valence-electron chi connectivity index (χ2n) is 9.69. The highest BCUT2D eigenvalue weighted by atomic mass is 16.5. The normalized spacial score (nSPS) is 11.6. The van der Waals surface area contributed by atoms with Crippen LogP contribution in [0, 0.1) is 0 Å². The molecule has 30 heavy (non-hydrogen) atoms. The fourth-order valence-corrected chi connectivity index (χ4v) is 4.05. The maximum absolute atomic E-state index is 10.3. The van der Waals surface area contributed by atoms with Crippen molar-refractivity contribution in [3.05, 3.63) is 17.7 Å². The summed E-state index contributed by atoms with van der Waals surface area (Å²) in [5.74, 6) is 1.67. The van der Waals surface area contributed by atoms with Crippen molar-refractivity contribution in [2.75, 3.05) is 13.7 Å². The van der Waals surface area contributed by atoms with Crippen LogP contribution in [0.4, 0.5) is 0 Å². The van der Waals surface area contributed by atoms with E-state index >= 15 is 0 Å². The van der Waals surface area contributed by atoms with Gasteiger partial charge in [0.2, 0.25) is 0 Å². The number of hydrogen-bond acceptors (Lipinski definition) is 3. The van der Waals surface area contributed by atoms with Crippen LogP contribution < -0.4 is 9.47 Å². The number of benzene rings is 1. The van der Waals surface area contributed by atoms with Crippen molar-refractivity contribution in [2.24, 2.45) is 0 Å². The van der Waals surface area contributed by atoms with E-state index in [1.165, 1.54) is 83.5 Å². The van der Waals surface area contributed by atoms with Gasteiger partial charge in [0, 0.05) is 5.56 Å². The van der Waals surface area contributed by atoms with Crippen LogP contribution >= 0.6 is 0 Å². The minimum absolute atomic E-state index is 0.205. The monoisotopic (exact) mass is 420 g/mol. The molecule has 0 spiro atoms. The predicted molar refractivity (Wildman–Crippen MR) is 129 cm³/mol. The van der Waals surface area contributed by atoms with Gasteiger partial charge in [-0.15, -0.1) is 0 Å². The topological polar surface area (TPSA) is 38.7 Å². The third kappa shape index (κ3) is 10.6. The van der Waals surface area contributed by atoms with Crippen LogP contribution in [0.25, 0.3) is 0 Å². The molecule has 0 aliphatic carbocycles. The molecule has 1 rings (SSSR count). The Bertz CT molecular complexity index is 560. The van der Waals surface area contributed by atoms with Crippen molar-refractivity contribution in [3.63, 3.8) is 0 Å². The number of rotatable bonds is 17. The van der Waals surface area contributed by atoms with E-state index in [-0.39, 0.29) is 11.2 Å². The van der Waals surface area contributed by atoms with Crippen LogP contribution in [0.5, 0.6) is 17.2 Å². The first-order chi connectivity index (χ1) is 14.4. The van der Waals surface area contributed by atoms with Crippen LogP contribution in [0.2, 0.25) is 0 Å². The second kappa shape index (κ2) is 15.4. The Balaban J connectivity index is 2.14. The zero-order valence-electron chi connectivity index (χ0n) is 20.5. The van der Waals surface area contributed by atoms with Crippen LogP contribution in [-0.4, -0.2) is 18.8 Å². The Labute approximate surface area is 186 Å². The Hall–Kier alpha value is -1.38. The van der Waals surface area contributed by atoms with Crippen molar-refractivity contribution in [3.8, 4) is 17.2 Å². The third-order valence-electron chi connectivity index (χ3n) is 5.81. The summed E-state index contributed by atoms with van der Waals surface area (Å²) in [7, 11) is 1.65. The first-order valence-corrected chi connectivity index (χ1v) is 12.4. The van der Waals surface area contributed by atoms with Gasteiger partial charge in [-0.1, -0.05) is 111 Å². The van der Waals surface area contributed by atoms with Crippen LogP contribution in [-0.2, 0) is 5.41 Å². The maximum atomic E-state index is 10.3. The molecule has 0 fully saturated rings. The van der Waals surface area contributed by atoms with E-state index in [2.05, 4.69) is 27.7 Å². The molecule has 0 saturated heterocycles. The highest BCUT2D eigenvalue weighted by molar-refractivity contribution is 5.56. The minimum Gasteiger partial charge on any atom is -0.508 e. The lowest BCUT2D eigenvalue weighted by atomic mass is 9.85. The van der Waals surface area contributed by atoms with E-state index in [0.29, 0.717) is 18.1 Å². The molecule has 174 valence electrons. The van der Waals surface area contributed by atoms with Crippen LogP contribution in [0.3, 0.4) is 0 Å². The van der Waals surface area contributed by atoms with Gasteiger partial charge in [0.05, 0.1) is 13.7 Å². The van der Waals surface area contributed by atoms with Gasteiger partial charge >= 0.3 is 0 Å². The Morgan fingerprint density at radius 2 is 1.20 bits per heavy atom. The quantitative estimate of drug-likeness (QED) is 0.256. The zero-order chi connectivity index (χ0) is 22.2. The maximum Gasteiger partial charge on any atom is 0.168 e. The second-order valence-corrected chi connectivity index (χ2v) is 9.69. The van der Waals surface area contributed by atoms with Gasteiger partial charge in [-0.2, -0.15) is 0 Å². The number of phenolic OH excluding ortho intramolecular Hbond substituents is 1. The number of methoxy groups -OCH3 is 1. The lowest BCUT2D eigenvalue weighted by Crippen LogP contribution is -2.15. The van der Waals surface area contributed by atoms with E-state index < -0.39 is 0 Å². The van der Waals surface area contributed by atoms with Gasteiger partial charge in [-0.3, -0.25) is 0 Å². The molecule has 1 aromatic rings. The standard InChI is InChI=1S/C27H48O3/c1-6-7-8-9-10-11-12-13-14-15-16-17-18-19-22-30-26-24(29-5)21-20-23(28)25(26)27(2,3)4/h20-21,28H,6-19,22H2,1-5H3. The summed E-state index contributed by atoms with van der Waals surface area (Å²) in [6.45, 7) is 9.20. The van der Waals surface area contributed by atoms with Crippen molar-refractivity contribution >= 4 is 0 Å². The van der Waals surface area contributed by atoms with Gasteiger partial charge in [-0.05, 0) is 24.0 Å². The lowest BCUT2D eigenvalue weighted by Gasteiger charge is -2.25. The van der Waals surface area contributed by atoms with Crippen molar-refractivity contribution in [1.82, 2.24) is 0 Å². The van der Waals surface area contributed by atoms with E-state index in [4.69, 9.17) is 9.47 Å². The average Bonchev–Trinajstić information content (AvgIpc) is 2.70. The zero-order valence-corrected chi connectivity index (χ0v) is 20.5. The fraction of sp³-hybridized carbons (Fsp3) is 0.778. The van der Waals surface area contributed by atoms with Crippen LogP contribution in [0.15, 0.2) is 12.1 Å². The van der Waals surface area contributed by atoms with Gasteiger partial charge < -0.3 is 14.6 Å². The van der Waals surface area contributed by atoms with E-state index in [0.717, 1.165) is 12.0 Å². The van der Waals surface area contributed by atoms with Gasteiger partial charge in [0.1, 0.15) is 5.75 Å². The van der Waals surface area contributed by atoms with Gasteiger partial charge in [0.25, 0.3) is 0 Å². The first kappa shape index (κ1) is 26.7. The van der Waals surface area contributed by atoms with E-state index in [9.17, 15) is 5.11 Å². The molecule has 0 aliphatic rings. The minimum atomic E-state index is -0.205. The molecule has 3 nitrogen and oxygen atoms in total.